The summed E-state index contributed by atoms with van der Waals surface area (Å²) in [6.45, 7) is 6.45. The van der Waals surface area contributed by atoms with Gasteiger partial charge in [-0.3, -0.25) is 14.7 Å². The Morgan fingerprint density at radius 1 is 1.44 bits per heavy atom. The fourth-order valence-corrected chi connectivity index (χ4v) is 1.72. The molecule has 1 rings (SSSR count). The van der Waals surface area contributed by atoms with Crippen LogP contribution in [0, 0.1) is 0 Å². The van der Waals surface area contributed by atoms with Gasteiger partial charge in [0, 0.05) is 19.7 Å². The van der Waals surface area contributed by atoms with Crippen LogP contribution in [0.1, 0.15) is 24.2 Å². The quantitative estimate of drug-likeness (QED) is 0.403. The van der Waals surface area contributed by atoms with Crippen molar-refractivity contribution in [1.29, 1.82) is 0 Å². The van der Waals surface area contributed by atoms with E-state index >= 15 is 0 Å². The maximum atomic E-state index is 10.1. The molecule has 1 aromatic rings. The molecule has 0 heterocycles. The van der Waals surface area contributed by atoms with Crippen LogP contribution >= 0.6 is 0 Å². The number of hydrogen-bond acceptors (Lipinski definition) is 4. The van der Waals surface area contributed by atoms with Gasteiger partial charge < -0.3 is 4.74 Å². The summed E-state index contributed by atoms with van der Waals surface area (Å²) in [5, 5.41) is 1.57. The Labute approximate surface area is 108 Å². The third kappa shape index (κ3) is 4.22. The molecule has 4 heteroatoms. The topological polar surface area (TPSA) is 38.8 Å². The molecular weight excluding hydrogens is 230 g/mol. The zero-order chi connectivity index (χ0) is 13.4. The van der Waals surface area contributed by atoms with Crippen LogP contribution in [0.15, 0.2) is 37.0 Å². The van der Waals surface area contributed by atoms with Crippen molar-refractivity contribution in [3.8, 4) is 0 Å². The molecule has 1 unspecified atom stereocenters. The van der Waals surface area contributed by atoms with Crippen molar-refractivity contribution < 1.29 is 14.4 Å². The van der Waals surface area contributed by atoms with Gasteiger partial charge >= 0.3 is 0 Å². The molecule has 0 saturated heterocycles. The van der Waals surface area contributed by atoms with Gasteiger partial charge in [-0.25, -0.2) is 0 Å². The number of ether oxygens (including phenoxy) is 1. The van der Waals surface area contributed by atoms with Crippen LogP contribution in [-0.4, -0.2) is 25.2 Å². The SMILES string of the molecule is C=CN(C)OC(C)c1ccccc1CCOC=O. The average Bonchev–Trinajstić information content (AvgIpc) is 2.39. The van der Waals surface area contributed by atoms with E-state index in [-0.39, 0.29) is 6.10 Å². The highest BCUT2D eigenvalue weighted by atomic mass is 16.7. The lowest BCUT2D eigenvalue weighted by atomic mass is 10.0. The van der Waals surface area contributed by atoms with Crippen LogP contribution in [0.2, 0.25) is 0 Å². The predicted octanol–water partition coefficient (Wildman–Crippen LogP) is 2.47. The van der Waals surface area contributed by atoms with Gasteiger partial charge in [-0.05, 0) is 18.1 Å². The second-order valence-corrected chi connectivity index (χ2v) is 3.89. The van der Waals surface area contributed by atoms with Crippen molar-refractivity contribution in [3.63, 3.8) is 0 Å². The molecule has 0 aliphatic carbocycles. The molecule has 18 heavy (non-hydrogen) atoms. The minimum absolute atomic E-state index is 0.0829. The third-order valence-electron chi connectivity index (χ3n) is 2.63. The molecule has 0 bridgehead atoms. The minimum atomic E-state index is -0.0829. The van der Waals surface area contributed by atoms with Gasteiger partial charge in [0.15, 0.2) is 0 Å². The lowest BCUT2D eigenvalue weighted by molar-refractivity contribution is -0.143. The standard InChI is InChI=1S/C14H19NO3/c1-4-15(3)18-12(2)14-8-6-5-7-13(14)9-10-17-11-16/h4-8,11-12H,1,9-10H2,2-3H3. The van der Waals surface area contributed by atoms with E-state index in [1.165, 1.54) is 0 Å². The van der Waals surface area contributed by atoms with E-state index in [0.717, 1.165) is 11.1 Å². The van der Waals surface area contributed by atoms with Gasteiger partial charge in [0.25, 0.3) is 6.47 Å². The Balaban J connectivity index is 2.73. The normalized spacial score (nSPS) is 11.7. The van der Waals surface area contributed by atoms with Crippen LogP contribution < -0.4 is 0 Å². The summed E-state index contributed by atoms with van der Waals surface area (Å²) in [5.74, 6) is 0. The molecule has 0 aromatic heterocycles. The molecule has 0 fully saturated rings. The molecule has 0 amide bonds. The smallest absolute Gasteiger partial charge is 0.293 e. The lowest BCUT2D eigenvalue weighted by Crippen LogP contribution is -2.15. The molecule has 98 valence electrons. The summed E-state index contributed by atoms with van der Waals surface area (Å²) in [5.41, 5.74) is 2.20. The number of nitrogens with zero attached hydrogens (tertiary/aromatic N) is 1. The highest BCUT2D eigenvalue weighted by Crippen LogP contribution is 2.22. The highest BCUT2D eigenvalue weighted by Gasteiger charge is 2.12. The van der Waals surface area contributed by atoms with Gasteiger partial charge in [-0.15, -0.1) is 0 Å². The van der Waals surface area contributed by atoms with Crippen molar-refractivity contribution in [1.82, 2.24) is 5.06 Å². The molecule has 0 aliphatic rings. The number of carbonyl (C=O) groups excluding carboxylic acids is 1. The van der Waals surface area contributed by atoms with Gasteiger partial charge in [0.1, 0.15) is 6.10 Å². The molecule has 0 N–H and O–H groups in total. The van der Waals surface area contributed by atoms with E-state index in [0.29, 0.717) is 19.5 Å². The van der Waals surface area contributed by atoms with Crippen LogP contribution in [-0.2, 0) is 20.8 Å². The summed E-state index contributed by atoms with van der Waals surface area (Å²) < 4.78 is 4.73. The number of carbonyl (C=O) groups is 1. The maximum Gasteiger partial charge on any atom is 0.293 e. The lowest BCUT2D eigenvalue weighted by Gasteiger charge is -2.21. The van der Waals surface area contributed by atoms with E-state index in [2.05, 4.69) is 6.58 Å². The first-order valence-electron chi connectivity index (χ1n) is 5.84. The van der Waals surface area contributed by atoms with Gasteiger partial charge in [-0.2, -0.15) is 0 Å². The second-order valence-electron chi connectivity index (χ2n) is 3.89. The second kappa shape index (κ2) is 7.50. The number of rotatable bonds is 8. The predicted molar refractivity (Wildman–Crippen MR) is 69.6 cm³/mol. The largest absolute Gasteiger partial charge is 0.468 e. The van der Waals surface area contributed by atoms with Gasteiger partial charge in [0.2, 0.25) is 0 Å². The summed E-state index contributed by atoms with van der Waals surface area (Å²) >= 11 is 0. The van der Waals surface area contributed by atoms with E-state index in [1.54, 1.807) is 18.3 Å². The Morgan fingerprint density at radius 3 is 2.83 bits per heavy atom. The molecule has 0 aliphatic heterocycles. The Kier molecular flexibility index (Phi) is 5.94. The Morgan fingerprint density at radius 2 is 2.17 bits per heavy atom. The van der Waals surface area contributed by atoms with Crippen molar-refractivity contribution in [3.05, 3.63) is 48.2 Å². The fourth-order valence-electron chi connectivity index (χ4n) is 1.72. The van der Waals surface area contributed by atoms with Crippen LogP contribution in [0.3, 0.4) is 0 Å². The summed E-state index contributed by atoms with van der Waals surface area (Å²) in [7, 11) is 1.79. The highest BCUT2D eigenvalue weighted by molar-refractivity contribution is 5.37. The van der Waals surface area contributed by atoms with Crippen molar-refractivity contribution >= 4 is 6.47 Å². The molecule has 0 radical (unpaired) electrons. The molecule has 4 nitrogen and oxygen atoms in total. The molecule has 0 spiro atoms. The van der Waals surface area contributed by atoms with Crippen LogP contribution in [0.4, 0.5) is 0 Å². The number of benzene rings is 1. The molecule has 1 aromatic carbocycles. The van der Waals surface area contributed by atoms with Crippen molar-refractivity contribution in [2.45, 2.75) is 19.4 Å². The Hall–Kier alpha value is -1.81. The first-order valence-corrected chi connectivity index (χ1v) is 5.84. The van der Waals surface area contributed by atoms with E-state index < -0.39 is 0 Å². The molecule has 0 saturated carbocycles. The maximum absolute atomic E-state index is 10.1. The number of hydrogen-bond donors (Lipinski definition) is 0. The minimum Gasteiger partial charge on any atom is -0.468 e. The Bertz CT molecular complexity index is 392. The summed E-state index contributed by atoms with van der Waals surface area (Å²) in [4.78, 5) is 15.8. The first kappa shape index (κ1) is 14.3. The zero-order valence-corrected chi connectivity index (χ0v) is 10.8. The van der Waals surface area contributed by atoms with Gasteiger partial charge in [0.05, 0.1) is 6.61 Å². The summed E-state index contributed by atoms with van der Waals surface area (Å²) in [6.07, 6.45) is 2.20. The zero-order valence-electron chi connectivity index (χ0n) is 10.8. The molecule has 1 atom stereocenters. The average molecular weight is 249 g/mol. The van der Waals surface area contributed by atoms with E-state index in [4.69, 9.17) is 9.57 Å². The third-order valence-corrected chi connectivity index (χ3v) is 2.63. The van der Waals surface area contributed by atoms with Crippen molar-refractivity contribution in [2.24, 2.45) is 0 Å². The summed E-state index contributed by atoms with van der Waals surface area (Å²) in [6, 6.07) is 7.95. The first-order chi connectivity index (χ1) is 8.69. The van der Waals surface area contributed by atoms with Crippen LogP contribution in [0.25, 0.3) is 0 Å². The number of hydroxylamine groups is 2. The van der Waals surface area contributed by atoms with E-state index in [9.17, 15) is 4.79 Å². The van der Waals surface area contributed by atoms with Gasteiger partial charge in [-0.1, -0.05) is 30.8 Å². The fraction of sp³-hybridized carbons (Fsp3) is 0.357. The van der Waals surface area contributed by atoms with Crippen molar-refractivity contribution in [2.75, 3.05) is 13.7 Å². The van der Waals surface area contributed by atoms with Crippen LogP contribution in [0.5, 0.6) is 0 Å². The monoisotopic (exact) mass is 249 g/mol. The molecular formula is C14H19NO3. The van der Waals surface area contributed by atoms with E-state index in [1.807, 2.05) is 31.2 Å².